The van der Waals surface area contributed by atoms with Gasteiger partial charge in [-0.3, -0.25) is 5.43 Å². The molecular formula is C19H25N5. The molecule has 0 saturated heterocycles. The van der Waals surface area contributed by atoms with Gasteiger partial charge in [-0.05, 0) is 43.2 Å². The van der Waals surface area contributed by atoms with E-state index in [1.54, 1.807) is 0 Å². The summed E-state index contributed by atoms with van der Waals surface area (Å²) in [5, 5.41) is 4.32. The van der Waals surface area contributed by atoms with Crippen molar-refractivity contribution in [1.82, 2.24) is 15.2 Å². The Kier molecular flexibility index (Phi) is 4.71. The van der Waals surface area contributed by atoms with Crippen molar-refractivity contribution in [3.63, 3.8) is 0 Å². The van der Waals surface area contributed by atoms with Gasteiger partial charge in [0.15, 0.2) is 0 Å². The molecule has 3 N–H and O–H groups in total. The first-order valence-electron chi connectivity index (χ1n) is 8.23. The molecule has 0 radical (unpaired) electrons. The maximum Gasteiger partial charge on any atom is 0.140 e. The highest BCUT2D eigenvalue weighted by atomic mass is 15.5. The molecule has 0 aliphatic carbocycles. The summed E-state index contributed by atoms with van der Waals surface area (Å²) in [6, 6.07) is 8.44. The van der Waals surface area contributed by atoms with Crippen LogP contribution in [-0.2, 0) is 13.1 Å². The van der Waals surface area contributed by atoms with Crippen LogP contribution in [0.1, 0.15) is 25.0 Å². The van der Waals surface area contributed by atoms with Crippen molar-refractivity contribution in [3.8, 4) is 0 Å². The minimum absolute atomic E-state index is 0.126. The van der Waals surface area contributed by atoms with E-state index < -0.39 is 0 Å². The molecule has 1 atom stereocenters. The van der Waals surface area contributed by atoms with E-state index >= 15 is 0 Å². The highest BCUT2D eigenvalue weighted by Gasteiger charge is 2.26. The molecule has 0 aromatic heterocycles. The second kappa shape index (κ2) is 6.93. The van der Waals surface area contributed by atoms with Crippen LogP contribution in [0.15, 0.2) is 65.1 Å². The molecule has 0 saturated carbocycles. The predicted octanol–water partition coefficient (Wildman–Crippen LogP) is 2.50. The third-order valence-electron chi connectivity index (χ3n) is 4.43. The smallest absolute Gasteiger partial charge is 0.140 e. The number of hydrogen-bond donors (Lipinski definition) is 2. The minimum Gasteiger partial charge on any atom is -0.374 e. The number of nitrogens with one attached hydrogen (secondary N) is 1. The zero-order valence-corrected chi connectivity index (χ0v) is 14.5. The Bertz CT molecular complexity index is 729. The summed E-state index contributed by atoms with van der Waals surface area (Å²) in [5.74, 6) is 0.984. The van der Waals surface area contributed by atoms with Crippen LogP contribution in [0, 0.1) is 0 Å². The van der Waals surface area contributed by atoms with Gasteiger partial charge >= 0.3 is 0 Å². The molecule has 5 heteroatoms. The van der Waals surface area contributed by atoms with Crippen molar-refractivity contribution in [2.75, 3.05) is 7.05 Å². The van der Waals surface area contributed by atoms with Gasteiger partial charge in [0.05, 0.1) is 0 Å². The number of hydrazone groups is 1. The fourth-order valence-electron chi connectivity index (χ4n) is 2.98. The molecule has 0 fully saturated rings. The molecule has 0 bridgehead atoms. The maximum atomic E-state index is 5.73. The van der Waals surface area contributed by atoms with Gasteiger partial charge in [-0.25, -0.2) is 0 Å². The molecule has 2 aliphatic heterocycles. The van der Waals surface area contributed by atoms with E-state index in [9.17, 15) is 0 Å². The zero-order valence-electron chi connectivity index (χ0n) is 14.5. The van der Waals surface area contributed by atoms with E-state index in [1.165, 1.54) is 16.8 Å². The van der Waals surface area contributed by atoms with Gasteiger partial charge in [-0.1, -0.05) is 30.3 Å². The lowest BCUT2D eigenvalue weighted by atomic mass is 10.1. The normalized spacial score (nSPS) is 19.6. The number of fused-ring (bicyclic) bond motifs is 1. The summed E-state index contributed by atoms with van der Waals surface area (Å²) in [6.45, 7) is 5.59. The molecule has 126 valence electrons. The van der Waals surface area contributed by atoms with Gasteiger partial charge in [0, 0.05) is 31.5 Å². The number of allylic oxidation sites excluding steroid dienone is 4. The summed E-state index contributed by atoms with van der Waals surface area (Å²) < 4.78 is 0. The van der Waals surface area contributed by atoms with Gasteiger partial charge in [0.1, 0.15) is 12.0 Å². The van der Waals surface area contributed by atoms with Gasteiger partial charge < -0.3 is 15.5 Å². The average molecular weight is 323 g/mol. The average Bonchev–Trinajstić information content (AvgIpc) is 2.97. The minimum atomic E-state index is 0.126. The molecule has 3 rings (SSSR count). The highest BCUT2D eigenvalue weighted by molar-refractivity contribution is 5.84. The SMILES string of the molecule is CC1=NNC2C=CC=C(/C=C(/C)N(C)Cc3cccc(CN)c3)N12. The van der Waals surface area contributed by atoms with Crippen molar-refractivity contribution in [3.05, 3.63) is 71.1 Å². The van der Waals surface area contributed by atoms with Gasteiger partial charge in [0.25, 0.3) is 0 Å². The number of rotatable bonds is 5. The lowest BCUT2D eigenvalue weighted by Gasteiger charge is -2.29. The third-order valence-corrected chi connectivity index (χ3v) is 4.43. The maximum absolute atomic E-state index is 5.73. The Morgan fingerprint density at radius 2 is 2.21 bits per heavy atom. The molecule has 1 aromatic carbocycles. The number of benzene rings is 1. The first-order valence-corrected chi connectivity index (χ1v) is 8.23. The molecule has 1 aromatic rings. The molecule has 5 nitrogen and oxygen atoms in total. The second-order valence-corrected chi connectivity index (χ2v) is 6.25. The molecule has 24 heavy (non-hydrogen) atoms. The Morgan fingerprint density at radius 3 is 3.00 bits per heavy atom. The van der Waals surface area contributed by atoms with Gasteiger partial charge in [-0.15, -0.1) is 0 Å². The van der Waals surface area contributed by atoms with Crippen LogP contribution in [0.2, 0.25) is 0 Å². The van der Waals surface area contributed by atoms with E-state index in [-0.39, 0.29) is 6.17 Å². The van der Waals surface area contributed by atoms with E-state index in [4.69, 9.17) is 5.73 Å². The third kappa shape index (κ3) is 3.36. The summed E-state index contributed by atoms with van der Waals surface area (Å²) >= 11 is 0. The molecule has 0 spiro atoms. The number of amidine groups is 1. The zero-order chi connectivity index (χ0) is 17.1. The monoisotopic (exact) mass is 323 g/mol. The Balaban J connectivity index is 1.74. The van der Waals surface area contributed by atoms with Crippen LogP contribution in [0.4, 0.5) is 0 Å². The van der Waals surface area contributed by atoms with Crippen LogP contribution in [-0.4, -0.2) is 28.8 Å². The first-order chi connectivity index (χ1) is 11.6. The molecule has 0 amide bonds. The van der Waals surface area contributed by atoms with Crippen LogP contribution < -0.4 is 11.2 Å². The quantitative estimate of drug-likeness (QED) is 0.874. The van der Waals surface area contributed by atoms with Crippen LogP contribution >= 0.6 is 0 Å². The van der Waals surface area contributed by atoms with Gasteiger partial charge in [0.2, 0.25) is 0 Å². The highest BCUT2D eigenvalue weighted by Crippen LogP contribution is 2.22. The van der Waals surface area contributed by atoms with Crippen molar-refractivity contribution >= 4 is 5.84 Å². The van der Waals surface area contributed by atoms with Crippen LogP contribution in [0.5, 0.6) is 0 Å². The van der Waals surface area contributed by atoms with E-state index in [1.807, 2.05) is 6.92 Å². The fraction of sp³-hybridized carbons (Fsp3) is 0.316. The summed E-state index contributed by atoms with van der Waals surface area (Å²) in [7, 11) is 2.11. The lowest BCUT2D eigenvalue weighted by molar-refractivity contribution is 0.400. The van der Waals surface area contributed by atoms with Crippen molar-refractivity contribution in [2.24, 2.45) is 10.8 Å². The fourth-order valence-corrected chi connectivity index (χ4v) is 2.98. The number of hydrogen-bond acceptors (Lipinski definition) is 5. The molecule has 2 heterocycles. The van der Waals surface area contributed by atoms with Crippen molar-refractivity contribution in [1.29, 1.82) is 0 Å². The largest absolute Gasteiger partial charge is 0.374 e. The Morgan fingerprint density at radius 1 is 1.42 bits per heavy atom. The number of nitrogens with two attached hydrogens (primary N) is 1. The van der Waals surface area contributed by atoms with Crippen molar-refractivity contribution in [2.45, 2.75) is 33.1 Å². The summed E-state index contributed by atoms with van der Waals surface area (Å²) in [4.78, 5) is 4.45. The predicted molar refractivity (Wildman–Crippen MR) is 98.7 cm³/mol. The Labute approximate surface area is 143 Å². The summed E-state index contributed by atoms with van der Waals surface area (Å²) in [5.41, 5.74) is 13.6. The topological polar surface area (TPSA) is 56.9 Å². The molecular weight excluding hydrogens is 298 g/mol. The standard InChI is InChI=1S/C19H25N5/c1-14(23(3)13-17-7-4-6-16(11-17)12-20)10-18-8-5-9-19-22-21-15(2)24(18)19/h4-11,19,22H,12-13,20H2,1-3H3/b14-10-. The second-order valence-electron chi connectivity index (χ2n) is 6.25. The van der Waals surface area contributed by atoms with Crippen LogP contribution in [0.3, 0.4) is 0 Å². The lowest BCUT2D eigenvalue weighted by Crippen LogP contribution is -2.38. The van der Waals surface area contributed by atoms with Crippen LogP contribution in [0.25, 0.3) is 0 Å². The van der Waals surface area contributed by atoms with E-state index in [0.717, 1.165) is 18.1 Å². The molecule has 2 aliphatic rings. The Hall–Kier alpha value is -2.53. The molecule has 1 unspecified atom stereocenters. The number of nitrogens with zero attached hydrogens (tertiary/aromatic N) is 3. The van der Waals surface area contributed by atoms with Crippen molar-refractivity contribution < 1.29 is 0 Å². The first kappa shape index (κ1) is 16.3. The van der Waals surface area contributed by atoms with E-state index in [2.05, 4.69) is 82.9 Å². The van der Waals surface area contributed by atoms with Gasteiger partial charge in [-0.2, -0.15) is 5.10 Å². The van der Waals surface area contributed by atoms with E-state index in [0.29, 0.717) is 6.54 Å². The summed E-state index contributed by atoms with van der Waals surface area (Å²) in [6.07, 6.45) is 8.63.